The molecule has 0 fully saturated rings. The highest BCUT2D eigenvalue weighted by Gasteiger charge is 2.33. The Bertz CT molecular complexity index is 1000. The second kappa shape index (κ2) is 5.80. The number of aromatic nitrogens is 5. The van der Waals surface area contributed by atoms with Gasteiger partial charge in [-0.15, -0.1) is 0 Å². The van der Waals surface area contributed by atoms with E-state index in [1.54, 1.807) is 11.7 Å². The molecule has 3 N–H and O–H groups in total. The summed E-state index contributed by atoms with van der Waals surface area (Å²) in [5.41, 5.74) is 0.979. The van der Waals surface area contributed by atoms with E-state index in [9.17, 15) is 18.0 Å². The zero-order valence-electron chi connectivity index (χ0n) is 13.6. The average molecular weight is 365 g/mol. The molecule has 8 nitrogen and oxygen atoms in total. The number of aryl methyl sites for hydroxylation is 1. The third-order valence-electron chi connectivity index (χ3n) is 4.28. The van der Waals surface area contributed by atoms with E-state index in [0.717, 1.165) is 30.3 Å². The molecule has 11 heteroatoms. The van der Waals surface area contributed by atoms with Gasteiger partial charge < -0.3 is 10.6 Å². The minimum atomic E-state index is -4.55. The molecule has 3 aromatic heterocycles. The minimum Gasteiger partial charge on any atom is -0.312 e. The molecule has 0 aromatic carbocycles. The van der Waals surface area contributed by atoms with E-state index in [1.807, 2.05) is 0 Å². The molecule has 3 aromatic rings. The number of halogens is 3. The molecule has 136 valence electrons. The van der Waals surface area contributed by atoms with Gasteiger partial charge in [0, 0.05) is 37.8 Å². The Kier molecular flexibility index (Phi) is 3.68. The number of rotatable bonds is 2. The van der Waals surface area contributed by atoms with Gasteiger partial charge in [0.05, 0.1) is 5.39 Å². The molecule has 0 aliphatic carbocycles. The van der Waals surface area contributed by atoms with Gasteiger partial charge in [0.15, 0.2) is 17.2 Å². The SMILES string of the molecule is Cn1nc(C(=O)Nc2n[nH]c3nc(C(F)(F)F)ccc23)c2c1CCNC2. The summed E-state index contributed by atoms with van der Waals surface area (Å²) in [4.78, 5) is 16.1. The molecule has 0 spiro atoms. The van der Waals surface area contributed by atoms with Crippen molar-refractivity contribution in [3.63, 3.8) is 0 Å². The fraction of sp³-hybridized carbons (Fsp3) is 0.333. The van der Waals surface area contributed by atoms with E-state index < -0.39 is 17.8 Å². The molecule has 1 aliphatic rings. The third-order valence-corrected chi connectivity index (χ3v) is 4.28. The maximum absolute atomic E-state index is 12.7. The number of carbonyl (C=O) groups excluding carboxylic acids is 1. The summed E-state index contributed by atoms with van der Waals surface area (Å²) in [6, 6.07) is 2.07. The monoisotopic (exact) mass is 365 g/mol. The van der Waals surface area contributed by atoms with Gasteiger partial charge in [0.2, 0.25) is 0 Å². The largest absolute Gasteiger partial charge is 0.433 e. The van der Waals surface area contributed by atoms with Crippen molar-refractivity contribution >= 4 is 22.8 Å². The predicted molar refractivity (Wildman–Crippen MR) is 85.5 cm³/mol. The van der Waals surface area contributed by atoms with Gasteiger partial charge in [-0.3, -0.25) is 14.6 Å². The van der Waals surface area contributed by atoms with Crippen molar-refractivity contribution in [2.24, 2.45) is 7.05 Å². The fourth-order valence-corrected chi connectivity index (χ4v) is 3.03. The zero-order chi connectivity index (χ0) is 18.5. The average Bonchev–Trinajstić information content (AvgIpc) is 3.16. The number of nitrogens with one attached hydrogen (secondary N) is 3. The molecule has 0 unspecified atom stereocenters. The Balaban J connectivity index is 1.65. The van der Waals surface area contributed by atoms with Gasteiger partial charge in [0.1, 0.15) is 5.69 Å². The number of alkyl halides is 3. The number of hydrogen-bond donors (Lipinski definition) is 3. The molecule has 1 amide bonds. The van der Waals surface area contributed by atoms with Crippen LogP contribution in [0.15, 0.2) is 12.1 Å². The highest BCUT2D eigenvalue weighted by atomic mass is 19.4. The van der Waals surface area contributed by atoms with Crippen LogP contribution in [-0.4, -0.2) is 37.4 Å². The van der Waals surface area contributed by atoms with Crippen LogP contribution in [0.3, 0.4) is 0 Å². The van der Waals surface area contributed by atoms with Crippen LogP contribution in [0.4, 0.5) is 19.0 Å². The van der Waals surface area contributed by atoms with Crippen LogP contribution in [0.25, 0.3) is 11.0 Å². The summed E-state index contributed by atoms with van der Waals surface area (Å²) in [6.07, 6.45) is -3.79. The van der Waals surface area contributed by atoms with Crippen molar-refractivity contribution in [2.45, 2.75) is 19.1 Å². The molecular weight excluding hydrogens is 351 g/mol. The van der Waals surface area contributed by atoms with Crippen LogP contribution in [0.2, 0.25) is 0 Å². The van der Waals surface area contributed by atoms with Gasteiger partial charge in [-0.2, -0.15) is 23.4 Å². The quantitative estimate of drug-likeness (QED) is 0.641. The van der Waals surface area contributed by atoms with Crippen molar-refractivity contribution in [2.75, 3.05) is 11.9 Å². The van der Waals surface area contributed by atoms with Crippen LogP contribution < -0.4 is 10.6 Å². The summed E-state index contributed by atoms with van der Waals surface area (Å²) in [7, 11) is 1.77. The Hall–Kier alpha value is -2.95. The van der Waals surface area contributed by atoms with Crippen molar-refractivity contribution in [1.82, 2.24) is 30.3 Å². The van der Waals surface area contributed by atoms with E-state index >= 15 is 0 Å². The summed E-state index contributed by atoms with van der Waals surface area (Å²) in [5.74, 6) is -0.367. The maximum atomic E-state index is 12.7. The molecule has 0 atom stereocenters. The summed E-state index contributed by atoms with van der Waals surface area (Å²) in [6.45, 7) is 1.34. The minimum absolute atomic E-state index is 0.0557. The standard InChI is InChI=1S/C15H14F3N7O/c1-25-9-4-5-19-6-8(9)11(24-25)14(26)21-13-7-2-3-10(15(16,17)18)20-12(7)22-23-13/h2-3,19H,4-6H2,1H3,(H2,20,21,22,23,26). The Morgan fingerprint density at radius 1 is 1.35 bits per heavy atom. The number of amides is 1. The van der Waals surface area contributed by atoms with Gasteiger partial charge in [-0.25, -0.2) is 4.98 Å². The number of anilines is 1. The van der Waals surface area contributed by atoms with Crippen LogP contribution in [-0.2, 0) is 26.2 Å². The first-order valence-electron chi connectivity index (χ1n) is 7.83. The van der Waals surface area contributed by atoms with Gasteiger partial charge in [-0.1, -0.05) is 0 Å². The lowest BCUT2D eigenvalue weighted by Gasteiger charge is -2.13. The number of aromatic amines is 1. The number of hydrogen-bond acceptors (Lipinski definition) is 5. The second-order valence-corrected chi connectivity index (χ2v) is 5.94. The van der Waals surface area contributed by atoms with Crippen LogP contribution in [0, 0.1) is 0 Å². The number of nitrogens with zero attached hydrogens (tertiary/aromatic N) is 4. The molecule has 1 aliphatic heterocycles. The summed E-state index contributed by atoms with van der Waals surface area (Å²) in [5, 5.41) is 16.6. The van der Waals surface area contributed by atoms with E-state index in [0.29, 0.717) is 6.54 Å². The molecule has 4 heterocycles. The van der Waals surface area contributed by atoms with E-state index in [4.69, 9.17) is 0 Å². The summed E-state index contributed by atoms with van der Waals surface area (Å²) >= 11 is 0. The zero-order valence-corrected chi connectivity index (χ0v) is 13.6. The lowest BCUT2D eigenvalue weighted by molar-refractivity contribution is -0.141. The van der Waals surface area contributed by atoms with Gasteiger partial charge in [0.25, 0.3) is 5.91 Å². The van der Waals surface area contributed by atoms with Gasteiger partial charge >= 0.3 is 6.18 Å². The molecule has 0 saturated heterocycles. The Labute approximate surface area is 144 Å². The van der Waals surface area contributed by atoms with Crippen molar-refractivity contribution in [1.29, 1.82) is 0 Å². The molecule has 4 rings (SSSR count). The molecular formula is C15H14F3N7O. The highest BCUT2D eigenvalue weighted by molar-refractivity contribution is 6.07. The molecule has 0 radical (unpaired) electrons. The van der Waals surface area contributed by atoms with Crippen molar-refractivity contribution < 1.29 is 18.0 Å². The number of pyridine rings is 1. The van der Waals surface area contributed by atoms with E-state index in [-0.39, 0.29) is 22.5 Å². The molecule has 0 bridgehead atoms. The highest BCUT2D eigenvalue weighted by Crippen LogP contribution is 2.30. The van der Waals surface area contributed by atoms with Gasteiger partial charge in [-0.05, 0) is 12.1 Å². The summed E-state index contributed by atoms with van der Waals surface area (Å²) < 4.78 is 39.9. The first-order chi connectivity index (χ1) is 12.3. The lowest BCUT2D eigenvalue weighted by Crippen LogP contribution is -2.26. The second-order valence-electron chi connectivity index (χ2n) is 5.94. The third kappa shape index (κ3) is 2.69. The predicted octanol–water partition coefficient (Wildman–Crippen LogP) is 1.61. The van der Waals surface area contributed by atoms with E-state index in [1.165, 1.54) is 6.07 Å². The normalized spacial score (nSPS) is 14.5. The number of fused-ring (bicyclic) bond motifs is 2. The number of carbonyl (C=O) groups is 1. The Morgan fingerprint density at radius 2 is 2.15 bits per heavy atom. The molecule has 26 heavy (non-hydrogen) atoms. The first-order valence-corrected chi connectivity index (χ1v) is 7.83. The smallest absolute Gasteiger partial charge is 0.312 e. The fourth-order valence-electron chi connectivity index (χ4n) is 3.03. The Morgan fingerprint density at radius 3 is 2.92 bits per heavy atom. The van der Waals surface area contributed by atoms with Crippen LogP contribution in [0.5, 0.6) is 0 Å². The lowest BCUT2D eigenvalue weighted by atomic mass is 10.1. The topological polar surface area (TPSA) is 101 Å². The molecule has 0 saturated carbocycles. The number of H-pyrrole nitrogens is 1. The van der Waals surface area contributed by atoms with Crippen LogP contribution >= 0.6 is 0 Å². The van der Waals surface area contributed by atoms with Crippen molar-refractivity contribution in [3.05, 3.63) is 34.8 Å². The van der Waals surface area contributed by atoms with Crippen LogP contribution in [0.1, 0.15) is 27.4 Å². The van der Waals surface area contributed by atoms with E-state index in [2.05, 4.69) is 30.9 Å². The van der Waals surface area contributed by atoms with Crippen molar-refractivity contribution in [3.8, 4) is 0 Å². The first kappa shape index (κ1) is 16.5. The maximum Gasteiger partial charge on any atom is 0.433 e.